The lowest BCUT2D eigenvalue weighted by Gasteiger charge is -2.43. The Morgan fingerprint density at radius 3 is 2.70 bits per heavy atom. The van der Waals surface area contributed by atoms with Crippen molar-refractivity contribution in [2.75, 3.05) is 37.3 Å². The summed E-state index contributed by atoms with van der Waals surface area (Å²) in [5.41, 5.74) is 6.91. The van der Waals surface area contributed by atoms with Crippen LogP contribution in [0.15, 0.2) is 12.4 Å². The molecule has 5 N–H and O–H groups in total. The van der Waals surface area contributed by atoms with Crippen LogP contribution in [0.25, 0.3) is 0 Å². The summed E-state index contributed by atoms with van der Waals surface area (Å²) in [7, 11) is 0. The smallest absolute Gasteiger partial charge is 0.149 e. The summed E-state index contributed by atoms with van der Waals surface area (Å²) in [6, 6.07) is 1.20. The molecule has 10 heteroatoms. The van der Waals surface area contributed by atoms with Crippen molar-refractivity contribution in [3.63, 3.8) is 0 Å². The van der Waals surface area contributed by atoms with Gasteiger partial charge in [0.2, 0.25) is 0 Å². The predicted octanol–water partition coefficient (Wildman–Crippen LogP) is 3.98. The number of likely N-dealkylation sites (tertiary alicyclic amines) is 1. The number of hydrogen-bond donors (Lipinski definition) is 4. The van der Waals surface area contributed by atoms with E-state index in [0.717, 1.165) is 0 Å². The van der Waals surface area contributed by atoms with Gasteiger partial charge in [0, 0.05) is 42.4 Å². The fourth-order valence-electron chi connectivity index (χ4n) is 4.23. The highest BCUT2D eigenvalue weighted by Gasteiger charge is 2.37. The van der Waals surface area contributed by atoms with E-state index in [4.69, 9.17) is 27.5 Å². The Bertz CT molecular complexity index is 1040. The van der Waals surface area contributed by atoms with Crippen molar-refractivity contribution in [3.05, 3.63) is 39.9 Å². The largest absolute Gasteiger partial charge is 0.493 e. The highest BCUT2D eigenvalue weighted by Crippen LogP contribution is 2.43. The summed E-state index contributed by atoms with van der Waals surface area (Å²) in [5, 5.41) is 21.4. The number of halogens is 2. The fourth-order valence-corrected chi connectivity index (χ4v) is 4.45. The number of hydrogen-bond acceptors (Lipinski definition) is 8. The van der Waals surface area contributed by atoms with Gasteiger partial charge in [-0.25, -0.2) is 14.4 Å². The van der Waals surface area contributed by atoms with Crippen LogP contribution in [0.2, 0.25) is 5.02 Å². The van der Waals surface area contributed by atoms with E-state index in [1.165, 1.54) is 6.33 Å². The van der Waals surface area contributed by atoms with E-state index < -0.39 is 11.4 Å². The first-order valence-corrected chi connectivity index (χ1v) is 11.3. The van der Waals surface area contributed by atoms with Gasteiger partial charge in [0.1, 0.15) is 29.5 Å². The summed E-state index contributed by atoms with van der Waals surface area (Å²) < 4.78 is 21.2. The summed E-state index contributed by atoms with van der Waals surface area (Å²) in [5.74, 6) is 0.490. The van der Waals surface area contributed by atoms with E-state index in [9.17, 15) is 5.11 Å². The zero-order valence-corrected chi connectivity index (χ0v) is 20.4. The Morgan fingerprint density at radius 2 is 2.12 bits per heavy atom. The predicted molar refractivity (Wildman–Crippen MR) is 129 cm³/mol. The number of β-amino-alcohol motifs (C(OH)–C–C–N with tert-alkyl or cyclic N) is 1. The van der Waals surface area contributed by atoms with Crippen LogP contribution in [0, 0.1) is 11.2 Å². The molecule has 1 fully saturated rings. The van der Waals surface area contributed by atoms with E-state index in [1.807, 2.05) is 13.8 Å². The lowest BCUT2D eigenvalue weighted by Crippen LogP contribution is -2.51. The molecule has 1 aliphatic heterocycles. The molecule has 0 radical (unpaired) electrons. The van der Waals surface area contributed by atoms with E-state index in [0.29, 0.717) is 54.5 Å². The summed E-state index contributed by atoms with van der Waals surface area (Å²) in [4.78, 5) is 10.3. The molecule has 1 saturated heterocycles. The molecule has 2 aromatic rings. The number of nitrogens with zero attached hydrogens (tertiary/aromatic N) is 3. The summed E-state index contributed by atoms with van der Waals surface area (Å²) >= 11 is 6.32. The average Bonchev–Trinajstić information content (AvgIpc) is 2.67. The van der Waals surface area contributed by atoms with Gasteiger partial charge in [-0.3, -0.25) is 4.90 Å². The van der Waals surface area contributed by atoms with Gasteiger partial charge in [-0.1, -0.05) is 11.6 Å². The highest BCUT2D eigenvalue weighted by atomic mass is 35.5. The Labute approximate surface area is 198 Å². The topological polar surface area (TPSA) is 120 Å². The van der Waals surface area contributed by atoms with Gasteiger partial charge in [-0.2, -0.15) is 0 Å². The van der Waals surface area contributed by atoms with Gasteiger partial charge in [0.15, 0.2) is 0 Å². The van der Waals surface area contributed by atoms with Gasteiger partial charge >= 0.3 is 0 Å². The van der Waals surface area contributed by atoms with Crippen LogP contribution in [0.1, 0.15) is 63.3 Å². The van der Waals surface area contributed by atoms with Crippen LogP contribution in [-0.2, 0) is 0 Å². The van der Waals surface area contributed by atoms with Crippen molar-refractivity contribution in [3.8, 4) is 5.75 Å². The molecular weight excluding hydrogens is 447 g/mol. The van der Waals surface area contributed by atoms with Crippen molar-refractivity contribution in [2.24, 2.45) is 0 Å². The Morgan fingerprint density at radius 1 is 1.45 bits per heavy atom. The van der Waals surface area contributed by atoms with E-state index in [2.05, 4.69) is 20.2 Å². The number of nitrogen functional groups attached to an aromatic ring is 1. The van der Waals surface area contributed by atoms with Crippen molar-refractivity contribution < 1.29 is 14.2 Å². The molecule has 8 nitrogen and oxygen atoms in total. The maximum Gasteiger partial charge on any atom is 0.149 e. The monoisotopic (exact) mass is 478 g/mol. The van der Waals surface area contributed by atoms with Crippen LogP contribution in [0.4, 0.5) is 16.0 Å². The maximum absolute atomic E-state index is 15.2. The number of nitrogens with one attached hydrogen (secondary N) is 2. The molecule has 1 aliphatic rings. The fraction of sp³-hybridized carbons (Fsp3) is 0.522. The third-order valence-corrected chi connectivity index (χ3v) is 5.85. The lowest BCUT2D eigenvalue weighted by atomic mass is 9.87. The minimum absolute atomic E-state index is 0.0173. The first kappa shape index (κ1) is 25.1. The second-order valence-corrected chi connectivity index (χ2v) is 9.52. The Kier molecular flexibility index (Phi) is 7.45. The molecule has 3 rings (SSSR count). The molecule has 33 heavy (non-hydrogen) atoms. The van der Waals surface area contributed by atoms with Crippen LogP contribution in [0.5, 0.6) is 5.75 Å². The number of nitrogens with two attached hydrogens (primary N) is 1. The van der Waals surface area contributed by atoms with Gasteiger partial charge in [-0.05, 0) is 40.7 Å². The zero-order valence-electron chi connectivity index (χ0n) is 19.7. The summed E-state index contributed by atoms with van der Waals surface area (Å²) in [6.45, 7) is 10.9. The third kappa shape index (κ3) is 5.54. The van der Waals surface area contributed by atoms with Crippen LogP contribution < -0.4 is 15.8 Å². The van der Waals surface area contributed by atoms with Crippen molar-refractivity contribution in [1.29, 1.82) is 5.41 Å². The second-order valence-electron chi connectivity index (χ2n) is 9.11. The van der Waals surface area contributed by atoms with Gasteiger partial charge in [0.25, 0.3) is 0 Å². The van der Waals surface area contributed by atoms with Crippen molar-refractivity contribution in [1.82, 2.24) is 14.9 Å². The molecule has 0 saturated carbocycles. The average molecular weight is 479 g/mol. The normalized spacial score (nSPS) is 15.8. The standard InChI is InChI=1S/C23H32ClFN6O2/c1-6-33-20-15(13(3)30-22-17(12(2)26)21(27)28-11-29-22)7-16(24)19(25)18(20)14-8-31(9-14)10-23(4,5)32/h7,11,13-14,26,32H,6,8-10H2,1-5H3,(H3,27,28,29,30). The van der Waals surface area contributed by atoms with Crippen LogP contribution in [-0.4, -0.2) is 57.5 Å². The molecule has 0 bridgehead atoms. The molecule has 2 heterocycles. The molecule has 0 aliphatic carbocycles. The minimum Gasteiger partial charge on any atom is -0.493 e. The quantitative estimate of drug-likeness (QED) is 0.402. The minimum atomic E-state index is -0.825. The zero-order chi connectivity index (χ0) is 24.5. The van der Waals surface area contributed by atoms with Gasteiger partial charge in [0.05, 0.1) is 28.8 Å². The molecule has 0 amide bonds. The molecule has 1 aromatic carbocycles. The van der Waals surface area contributed by atoms with E-state index in [-0.39, 0.29) is 28.5 Å². The second kappa shape index (κ2) is 9.79. The van der Waals surface area contributed by atoms with Gasteiger partial charge in [-0.15, -0.1) is 0 Å². The number of aliphatic hydroxyl groups is 1. The third-order valence-electron chi connectivity index (χ3n) is 5.57. The number of rotatable bonds is 9. The molecule has 1 unspecified atom stereocenters. The molecule has 0 spiro atoms. The van der Waals surface area contributed by atoms with Gasteiger partial charge < -0.3 is 26.3 Å². The van der Waals surface area contributed by atoms with Crippen LogP contribution >= 0.6 is 11.6 Å². The lowest BCUT2D eigenvalue weighted by molar-refractivity contribution is 0.00657. The van der Waals surface area contributed by atoms with E-state index >= 15 is 4.39 Å². The number of ether oxygens (including phenoxy) is 1. The number of anilines is 2. The van der Waals surface area contributed by atoms with E-state index in [1.54, 1.807) is 26.8 Å². The Balaban J connectivity index is 1.96. The molecular formula is C23H32ClFN6O2. The number of benzene rings is 1. The van der Waals surface area contributed by atoms with Crippen molar-refractivity contribution in [2.45, 2.75) is 52.2 Å². The Hall–Kier alpha value is -2.49. The molecule has 180 valence electrons. The molecule has 1 atom stereocenters. The SMILES string of the molecule is CCOc1c(C(C)Nc2ncnc(N)c2C(C)=N)cc(Cl)c(F)c1C1CN(CC(C)(C)O)C1. The van der Waals surface area contributed by atoms with Crippen molar-refractivity contribution >= 4 is 28.9 Å². The maximum atomic E-state index is 15.2. The first-order valence-electron chi connectivity index (χ1n) is 10.9. The molecule has 1 aromatic heterocycles. The highest BCUT2D eigenvalue weighted by molar-refractivity contribution is 6.31. The number of aromatic nitrogens is 2. The summed E-state index contributed by atoms with van der Waals surface area (Å²) in [6.07, 6.45) is 1.33. The first-order chi connectivity index (χ1) is 15.4. The van der Waals surface area contributed by atoms with Crippen LogP contribution in [0.3, 0.4) is 0 Å².